The number of hydrogen-bond acceptors (Lipinski definition) is 2. The van der Waals surface area contributed by atoms with Crippen molar-refractivity contribution in [2.24, 2.45) is 0 Å². The van der Waals surface area contributed by atoms with E-state index in [4.69, 9.17) is 0 Å². The zero-order valence-corrected chi connectivity index (χ0v) is 10.2. The molecular formula is C14H22O2. The number of phenolic OH excluding ortho intramolecular Hbond substituents is 2. The number of phenols is 2. The number of rotatable bonds is 6. The van der Waals surface area contributed by atoms with Crippen LogP contribution in [0.15, 0.2) is 18.2 Å². The van der Waals surface area contributed by atoms with E-state index in [2.05, 4.69) is 13.8 Å². The lowest BCUT2D eigenvalue weighted by molar-refractivity contribution is 0.425. The normalized spacial score (nSPS) is 12.6. The molecule has 90 valence electrons. The van der Waals surface area contributed by atoms with Crippen molar-refractivity contribution in [3.8, 4) is 11.5 Å². The Bertz CT molecular complexity index is 300. The van der Waals surface area contributed by atoms with Gasteiger partial charge in [-0.05, 0) is 24.5 Å². The van der Waals surface area contributed by atoms with Gasteiger partial charge in [-0.3, -0.25) is 0 Å². The van der Waals surface area contributed by atoms with E-state index in [-0.39, 0.29) is 17.4 Å². The van der Waals surface area contributed by atoms with Crippen molar-refractivity contribution >= 4 is 0 Å². The lowest BCUT2D eigenvalue weighted by Gasteiger charge is -2.14. The number of benzene rings is 1. The topological polar surface area (TPSA) is 40.5 Å². The second-order valence-electron chi connectivity index (χ2n) is 4.46. The maximum Gasteiger partial charge on any atom is 0.122 e. The molecule has 0 saturated carbocycles. The third-order valence-electron chi connectivity index (χ3n) is 3.04. The van der Waals surface area contributed by atoms with Crippen molar-refractivity contribution in [3.05, 3.63) is 23.8 Å². The Balaban J connectivity index is 2.55. The minimum absolute atomic E-state index is 0.211. The van der Waals surface area contributed by atoms with E-state index in [1.165, 1.54) is 19.3 Å². The van der Waals surface area contributed by atoms with Gasteiger partial charge in [0, 0.05) is 5.56 Å². The molecule has 0 amide bonds. The fourth-order valence-electron chi connectivity index (χ4n) is 2.07. The lowest BCUT2D eigenvalue weighted by Crippen LogP contribution is -1.95. The molecule has 0 heterocycles. The van der Waals surface area contributed by atoms with Gasteiger partial charge in [0.2, 0.25) is 0 Å². The summed E-state index contributed by atoms with van der Waals surface area (Å²) >= 11 is 0. The van der Waals surface area contributed by atoms with Crippen molar-refractivity contribution in [1.82, 2.24) is 0 Å². The average molecular weight is 222 g/mol. The first-order valence-corrected chi connectivity index (χ1v) is 6.17. The van der Waals surface area contributed by atoms with Gasteiger partial charge in [0.05, 0.1) is 0 Å². The molecule has 0 spiro atoms. The van der Waals surface area contributed by atoms with E-state index in [0.29, 0.717) is 5.56 Å². The summed E-state index contributed by atoms with van der Waals surface area (Å²) < 4.78 is 0. The van der Waals surface area contributed by atoms with Crippen molar-refractivity contribution in [1.29, 1.82) is 0 Å². The van der Waals surface area contributed by atoms with Crippen molar-refractivity contribution in [2.75, 3.05) is 0 Å². The molecule has 0 aromatic heterocycles. The molecule has 2 N–H and O–H groups in total. The molecule has 1 atom stereocenters. The molecule has 1 aromatic carbocycles. The summed E-state index contributed by atoms with van der Waals surface area (Å²) in [4.78, 5) is 0. The molecule has 1 rings (SSSR count). The van der Waals surface area contributed by atoms with Crippen molar-refractivity contribution < 1.29 is 10.2 Å². The number of aromatic hydroxyl groups is 2. The van der Waals surface area contributed by atoms with Crippen LogP contribution >= 0.6 is 0 Å². The van der Waals surface area contributed by atoms with Crippen LogP contribution in [0.4, 0.5) is 0 Å². The SMILES string of the molecule is CCCCCCC(C)c1c(O)cccc1O. The van der Waals surface area contributed by atoms with E-state index in [1.807, 2.05) is 0 Å². The summed E-state index contributed by atoms with van der Waals surface area (Å²) in [5.41, 5.74) is 0.694. The van der Waals surface area contributed by atoms with Crippen LogP contribution in [0.25, 0.3) is 0 Å². The molecule has 0 saturated heterocycles. The molecule has 0 aliphatic heterocycles. The van der Waals surface area contributed by atoms with Crippen molar-refractivity contribution in [3.63, 3.8) is 0 Å². The summed E-state index contributed by atoms with van der Waals surface area (Å²) in [5.74, 6) is 0.643. The van der Waals surface area contributed by atoms with Crippen LogP contribution < -0.4 is 0 Å². The predicted molar refractivity (Wildman–Crippen MR) is 66.9 cm³/mol. The van der Waals surface area contributed by atoms with Crippen LogP contribution in [0.1, 0.15) is 57.4 Å². The highest BCUT2D eigenvalue weighted by Gasteiger charge is 2.14. The third-order valence-corrected chi connectivity index (χ3v) is 3.04. The summed E-state index contributed by atoms with van der Waals surface area (Å²) in [5, 5.41) is 19.4. The first-order chi connectivity index (χ1) is 7.66. The summed E-state index contributed by atoms with van der Waals surface area (Å²) in [6.07, 6.45) is 5.90. The fourth-order valence-corrected chi connectivity index (χ4v) is 2.07. The molecule has 0 aliphatic rings. The molecule has 16 heavy (non-hydrogen) atoms. The Labute approximate surface area is 97.9 Å². The van der Waals surface area contributed by atoms with E-state index in [1.54, 1.807) is 18.2 Å². The third kappa shape index (κ3) is 3.44. The smallest absolute Gasteiger partial charge is 0.122 e. The number of hydrogen-bond donors (Lipinski definition) is 2. The van der Waals surface area contributed by atoms with Gasteiger partial charge in [-0.25, -0.2) is 0 Å². The van der Waals surface area contributed by atoms with Crippen LogP contribution in [-0.2, 0) is 0 Å². The average Bonchev–Trinajstić information content (AvgIpc) is 2.24. The first kappa shape index (κ1) is 12.9. The quantitative estimate of drug-likeness (QED) is 0.709. The Morgan fingerprint density at radius 1 is 1.06 bits per heavy atom. The molecule has 2 nitrogen and oxygen atoms in total. The minimum Gasteiger partial charge on any atom is -0.508 e. The van der Waals surface area contributed by atoms with Crippen LogP contribution in [0.2, 0.25) is 0 Å². The number of unbranched alkanes of at least 4 members (excludes halogenated alkanes) is 3. The maximum absolute atomic E-state index is 9.70. The highest BCUT2D eigenvalue weighted by Crippen LogP contribution is 2.36. The zero-order valence-electron chi connectivity index (χ0n) is 10.2. The van der Waals surface area contributed by atoms with Crippen LogP contribution in [-0.4, -0.2) is 10.2 Å². The second kappa shape index (κ2) is 6.41. The summed E-state index contributed by atoms with van der Waals surface area (Å²) in [7, 11) is 0. The first-order valence-electron chi connectivity index (χ1n) is 6.17. The lowest BCUT2D eigenvalue weighted by atomic mass is 9.93. The zero-order chi connectivity index (χ0) is 12.0. The second-order valence-corrected chi connectivity index (χ2v) is 4.46. The molecular weight excluding hydrogens is 200 g/mol. The van der Waals surface area contributed by atoms with E-state index in [0.717, 1.165) is 12.8 Å². The molecule has 0 aliphatic carbocycles. The van der Waals surface area contributed by atoms with Gasteiger partial charge in [-0.2, -0.15) is 0 Å². The Kier molecular flexibility index (Phi) is 5.17. The molecule has 0 fully saturated rings. The maximum atomic E-state index is 9.70. The Morgan fingerprint density at radius 2 is 1.69 bits per heavy atom. The Morgan fingerprint density at radius 3 is 2.25 bits per heavy atom. The Hall–Kier alpha value is -1.18. The van der Waals surface area contributed by atoms with E-state index < -0.39 is 0 Å². The van der Waals surface area contributed by atoms with Gasteiger partial charge in [0.15, 0.2) is 0 Å². The molecule has 2 heteroatoms. The van der Waals surface area contributed by atoms with Crippen LogP contribution in [0, 0.1) is 0 Å². The molecule has 1 aromatic rings. The van der Waals surface area contributed by atoms with Gasteiger partial charge in [0.1, 0.15) is 11.5 Å². The van der Waals surface area contributed by atoms with Crippen LogP contribution in [0.5, 0.6) is 11.5 Å². The minimum atomic E-state index is 0.211. The monoisotopic (exact) mass is 222 g/mol. The highest BCUT2D eigenvalue weighted by atomic mass is 16.3. The molecule has 1 unspecified atom stereocenters. The fraction of sp³-hybridized carbons (Fsp3) is 0.571. The van der Waals surface area contributed by atoms with Crippen LogP contribution in [0.3, 0.4) is 0 Å². The van der Waals surface area contributed by atoms with Gasteiger partial charge in [-0.15, -0.1) is 0 Å². The standard InChI is InChI=1S/C14H22O2/c1-3-4-5-6-8-11(2)14-12(15)9-7-10-13(14)16/h7,9-11,15-16H,3-6,8H2,1-2H3. The van der Waals surface area contributed by atoms with Gasteiger partial charge >= 0.3 is 0 Å². The van der Waals surface area contributed by atoms with Gasteiger partial charge in [0.25, 0.3) is 0 Å². The predicted octanol–water partition coefficient (Wildman–Crippen LogP) is 4.17. The van der Waals surface area contributed by atoms with Gasteiger partial charge < -0.3 is 10.2 Å². The van der Waals surface area contributed by atoms with E-state index >= 15 is 0 Å². The van der Waals surface area contributed by atoms with E-state index in [9.17, 15) is 10.2 Å². The largest absolute Gasteiger partial charge is 0.508 e. The molecule has 0 bridgehead atoms. The summed E-state index contributed by atoms with van der Waals surface area (Å²) in [6, 6.07) is 4.94. The highest BCUT2D eigenvalue weighted by molar-refractivity contribution is 5.45. The van der Waals surface area contributed by atoms with Gasteiger partial charge in [-0.1, -0.05) is 45.6 Å². The van der Waals surface area contributed by atoms with Crippen molar-refractivity contribution in [2.45, 2.75) is 51.9 Å². The summed E-state index contributed by atoms with van der Waals surface area (Å²) in [6.45, 7) is 4.25. The molecule has 0 radical (unpaired) electrons.